The molecular weight excluding hydrogens is 441 g/mol. The number of fused-ring (bicyclic) bond motifs is 1. The Morgan fingerprint density at radius 2 is 1.93 bits per heavy atom. The van der Waals surface area contributed by atoms with E-state index >= 15 is 0 Å². The fourth-order valence-corrected chi connectivity index (χ4v) is 4.81. The molecule has 0 saturated carbocycles. The van der Waals surface area contributed by atoms with E-state index in [1.165, 1.54) is 0 Å². The Morgan fingerprint density at radius 1 is 1.13 bits per heavy atom. The molecule has 3 heterocycles. The molecule has 154 valence electrons. The molecule has 0 saturated heterocycles. The van der Waals surface area contributed by atoms with Gasteiger partial charge >= 0.3 is 0 Å². The second-order valence-corrected chi connectivity index (χ2v) is 9.27. The summed E-state index contributed by atoms with van der Waals surface area (Å²) in [6.07, 6.45) is 2.17. The minimum absolute atomic E-state index is 0.390. The number of benzene rings is 1. The van der Waals surface area contributed by atoms with Gasteiger partial charge in [-0.2, -0.15) is 0 Å². The Hall–Kier alpha value is -2.22. The van der Waals surface area contributed by atoms with Crippen LogP contribution in [0.2, 0.25) is 10.0 Å². The van der Waals surface area contributed by atoms with Gasteiger partial charge in [-0.25, -0.2) is 4.98 Å². The van der Waals surface area contributed by atoms with E-state index in [-0.39, 0.29) is 0 Å². The molecule has 1 aromatic carbocycles. The third kappa shape index (κ3) is 4.15. The van der Waals surface area contributed by atoms with Crippen LogP contribution in [0, 0.1) is 0 Å². The predicted molar refractivity (Wildman–Crippen MR) is 123 cm³/mol. The molecule has 5 nitrogen and oxygen atoms in total. The minimum atomic E-state index is -1.36. The van der Waals surface area contributed by atoms with E-state index in [1.54, 1.807) is 48.7 Å². The summed E-state index contributed by atoms with van der Waals surface area (Å²) in [4.78, 5) is 9.88. The van der Waals surface area contributed by atoms with E-state index < -0.39 is 12.2 Å². The maximum Gasteiger partial charge on any atom is 0.123 e. The smallest absolute Gasteiger partial charge is 0.123 e. The van der Waals surface area contributed by atoms with Crippen LogP contribution in [0.3, 0.4) is 0 Å². The summed E-state index contributed by atoms with van der Waals surface area (Å²) in [5.74, 6) is 0.427. The van der Waals surface area contributed by atoms with Crippen molar-refractivity contribution >= 4 is 50.4 Å². The Balaban J connectivity index is 1.80. The van der Waals surface area contributed by atoms with Gasteiger partial charge in [-0.1, -0.05) is 23.2 Å². The van der Waals surface area contributed by atoms with Crippen molar-refractivity contribution in [2.45, 2.75) is 18.9 Å². The number of pyridine rings is 2. The van der Waals surface area contributed by atoms with Crippen LogP contribution in [0.15, 0.2) is 48.7 Å². The molecule has 3 aromatic heterocycles. The molecule has 1 atom stereocenters. The van der Waals surface area contributed by atoms with Crippen molar-refractivity contribution < 1.29 is 10.2 Å². The lowest BCUT2D eigenvalue weighted by Crippen LogP contribution is -2.25. The molecule has 4 rings (SSSR count). The number of aromatic nitrogens is 2. The van der Waals surface area contributed by atoms with Gasteiger partial charge in [-0.05, 0) is 60.3 Å². The average Bonchev–Trinajstić information content (AvgIpc) is 3.12. The van der Waals surface area contributed by atoms with E-state index in [0.717, 1.165) is 26.2 Å². The van der Waals surface area contributed by atoms with Gasteiger partial charge in [-0.15, -0.1) is 11.3 Å². The van der Waals surface area contributed by atoms with Gasteiger partial charge in [0, 0.05) is 32.8 Å². The molecule has 0 aliphatic heterocycles. The van der Waals surface area contributed by atoms with Crippen LogP contribution in [-0.4, -0.2) is 26.8 Å². The number of nitrogens with zero attached hydrogens (tertiary/aromatic N) is 2. The summed E-state index contributed by atoms with van der Waals surface area (Å²) in [6.45, 7) is 1.17. The van der Waals surface area contributed by atoms with Gasteiger partial charge < -0.3 is 15.9 Å². The van der Waals surface area contributed by atoms with Gasteiger partial charge in [0.05, 0.1) is 23.0 Å². The second kappa shape index (κ2) is 8.13. The van der Waals surface area contributed by atoms with Gasteiger partial charge in [0.15, 0.2) is 0 Å². The number of rotatable bonds is 5. The zero-order valence-corrected chi connectivity index (χ0v) is 18.4. The number of aliphatic hydroxyl groups excluding tert-OH is 1. The molecule has 4 aromatic rings. The molecule has 0 fully saturated rings. The van der Waals surface area contributed by atoms with Crippen molar-refractivity contribution in [3.63, 3.8) is 0 Å². The summed E-state index contributed by atoms with van der Waals surface area (Å²) in [5, 5.41) is 22.1. The molecule has 0 bridgehead atoms. The topological polar surface area (TPSA) is 92.3 Å². The van der Waals surface area contributed by atoms with Crippen LogP contribution in [0.5, 0.6) is 0 Å². The minimum Gasteiger partial charge on any atom is -0.393 e. The van der Waals surface area contributed by atoms with Crippen LogP contribution >= 0.6 is 34.5 Å². The highest BCUT2D eigenvalue weighted by Gasteiger charge is 2.23. The molecule has 0 amide bonds. The Morgan fingerprint density at radius 3 is 2.70 bits per heavy atom. The Bertz CT molecular complexity index is 1240. The normalized spacial score (nSPS) is 13.5. The van der Waals surface area contributed by atoms with Crippen molar-refractivity contribution in [3.8, 4) is 11.3 Å². The van der Waals surface area contributed by atoms with E-state index in [0.29, 0.717) is 33.5 Å². The van der Waals surface area contributed by atoms with Gasteiger partial charge in [0.25, 0.3) is 0 Å². The first-order valence-electron chi connectivity index (χ1n) is 9.20. The van der Waals surface area contributed by atoms with Gasteiger partial charge in [-0.3, -0.25) is 4.98 Å². The largest absolute Gasteiger partial charge is 0.393 e. The monoisotopic (exact) mass is 459 g/mol. The van der Waals surface area contributed by atoms with E-state index in [2.05, 4.69) is 16.0 Å². The molecule has 4 N–H and O–H groups in total. The Kier molecular flexibility index (Phi) is 5.70. The molecular formula is C22H19Cl2N3O2S. The van der Waals surface area contributed by atoms with Crippen LogP contribution in [0.25, 0.3) is 21.3 Å². The summed E-state index contributed by atoms with van der Waals surface area (Å²) < 4.78 is 1.02. The predicted octanol–water partition coefficient (Wildman–Crippen LogP) is 5.04. The number of thiophene rings is 1. The van der Waals surface area contributed by atoms with Crippen molar-refractivity contribution in [3.05, 3.63) is 74.8 Å². The fraction of sp³-hybridized carbons (Fsp3) is 0.182. The number of hydrogen-bond acceptors (Lipinski definition) is 6. The summed E-state index contributed by atoms with van der Waals surface area (Å²) in [7, 11) is 0. The fourth-order valence-electron chi connectivity index (χ4n) is 3.24. The maximum absolute atomic E-state index is 10.4. The number of aliphatic hydroxyl groups is 2. The number of nitrogens with two attached hydrogens (primary N) is 1. The van der Waals surface area contributed by atoms with Crippen molar-refractivity contribution in [2.24, 2.45) is 0 Å². The SMILES string of the molecule is CC(O)(CO)c1ccnc(-c2cc(Cl)cc3cc(Cc4nc(N)ccc4Cl)sc23)c1. The first kappa shape index (κ1) is 21.0. The number of anilines is 1. The third-order valence-corrected chi connectivity index (χ3v) is 6.63. The lowest BCUT2D eigenvalue weighted by molar-refractivity contribution is -0.00230. The van der Waals surface area contributed by atoms with E-state index in [4.69, 9.17) is 28.9 Å². The quantitative estimate of drug-likeness (QED) is 0.388. The molecule has 0 aliphatic carbocycles. The van der Waals surface area contributed by atoms with E-state index in [1.807, 2.05) is 12.1 Å². The first-order valence-corrected chi connectivity index (χ1v) is 10.8. The first-order chi connectivity index (χ1) is 14.3. The Labute approximate surface area is 187 Å². The van der Waals surface area contributed by atoms with Crippen molar-refractivity contribution in [2.75, 3.05) is 12.3 Å². The van der Waals surface area contributed by atoms with Crippen molar-refractivity contribution in [1.29, 1.82) is 0 Å². The van der Waals surface area contributed by atoms with Crippen LogP contribution in [0.4, 0.5) is 5.82 Å². The zero-order valence-electron chi connectivity index (χ0n) is 16.1. The van der Waals surface area contributed by atoms with E-state index in [9.17, 15) is 10.2 Å². The van der Waals surface area contributed by atoms with Crippen LogP contribution in [-0.2, 0) is 12.0 Å². The highest BCUT2D eigenvalue weighted by molar-refractivity contribution is 7.19. The third-order valence-electron chi connectivity index (χ3n) is 4.88. The average molecular weight is 460 g/mol. The summed E-state index contributed by atoms with van der Waals surface area (Å²) in [6, 6.07) is 12.7. The molecule has 30 heavy (non-hydrogen) atoms. The maximum atomic E-state index is 10.4. The lowest BCUT2D eigenvalue weighted by atomic mass is 9.96. The molecule has 0 spiro atoms. The molecule has 0 radical (unpaired) electrons. The molecule has 0 aliphatic rings. The van der Waals surface area contributed by atoms with Gasteiger partial charge in [0.2, 0.25) is 0 Å². The van der Waals surface area contributed by atoms with Crippen molar-refractivity contribution in [1.82, 2.24) is 9.97 Å². The highest BCUT2D eigenvalue weighted by atomic mass is 35.5. The lowest BCUT2D eigenvalue weighted by Gasteiger charge is -2.21. The number of halogens is 2. The number of hydrogen-bond donors (Lipinski definition) is 3. The summed E-state index contributed by atoms with van der Waals surface area (Å²) >= 11 is 14.3. The van der Waals surface area contributed by atoms with Gasteiger partial charge in [0.1, 0.15) is 11.4 Å². The zero-order chi connectivity index (χ0) is 21.5. The summed E-state index contributed by atoms with van der Waals surface area (Å²) in [5.41, 5.74) is 7.27. The second-order valence-electron chi connectivity index (χ2n) is 7.29. The highest BCUT2D eigenvalue weighted by Crippen LogP contribution is 2.38. The molecule has 8 heteroatoms. The molecule has 1 unspecified atom stereocenters. The standard InChI is InChI=1S/C22H19Cl2N3O2S/c1-22(29,11-28)13-4-5-26-18(8-13)16-9-14(23)6-12-7-15(30-21(12)16)10-19-17(24)2-3-20(25)27-19/h2-9,28-29H,10-11H2,1H3,(H2,25,27). The number of nitrogen functional groups attached to an aromatic ring is 1. The van der Waals surface area contributed by atoms with Crippen LogP contribution in [0.1, 0.15) is 23.1 Å². The van der Waals surface area contributed by atoms with Crippen LogP contribution < -0.4 is 5.73 Å².